The fraction of sp³-hybridized carbons (Fsp3) is 0.684. The maximum atomic E-state index is 3.78. The SMILES string of the molecule is CCCNC1CCC(C)CC1CN(C)Cc1ccccc1. The molecule has 1 aromatic carbocycles. The van der Waals surface area contributed by atoms with Gasteiger partial charge in [-0.3, -0.25) is 0 Å². The second-order valence-corrected chi connectivity index (χ2v) is 6.92. The molecule has 1 N–H and O–H groups in total. The first-order valence-corrected chi connectivity index (χ1v) is 8.65. The van der Waals surface area contributed by atoms with Gasteiger partial charge in [0.25, 0.3) is 0 Å². The second-order valence-electron chi connectivity index (χ2n) is 6.92. The highest BCUT2D eigenvalue weighted by Gasteiger charge is 2.28. The molecule has 2 rings (SSSR count). The highest BCUT2D eigenvalue weighted by atomic mass is 15.1. The quantitative estimate of drug-likeness (QED) is 0.818. The van der Waals surface area contributed by atoms with Crippen LogP contribution in [0.2, 0.25) is 0 Å². The molecule has 21 heavy (non-hydrogen) atoms. The molecule has 118 valence electrons. The molecule has 0 radical (unpaired) electrons. The van der Waals surface area contributed by atoms with Gasteiger partial charge in [-0.05, 0) is 56.7 Å². The number of rotatable bonds is 7. The third-order valence-corrected chi connectivity index (χ3v) is 4.74. The van der Waals surface area contributed by atoms with Gasteiger partial charge in [0.2, 0.25) is 0 Å². The molecule has 0 amide bonds. The lowest BCUT2D eigenvalue weighted by Crippen LogP contribution is -2.45. The molecule has 1 aliphatic rings. The van der Waals surface area contributed by atoms with Crippen LogP contribution in [0.3, 0.4) is 0 Å². The Hall–Kier alpha value is -0.860. The first kappa shape index (κ1) is 16.5. The van der Waals surface area contributed by atoms with E-state index in [0.29, 0.717) is 0 Å². The lowest BCUT2D eigenvalue weighted by atomic mass is 9.78. The Morgan fingerprint density at radius 2 is 1.95 bits per heavy atom. The number of benzene rings is 1. The van der Waals surface area contributed by atoms with Gasteiger partial charge in [0, 0.05) is 19.1 Å². The molecule has 3 atom stereocenters. The van der Waals surface area contributed by atoms with Crippen molar-refractivity contribution in [2.75, 3.05) is 20.1 Å². The molecular weight excluding hydrogens is 256 g/mol. The van der Waals surface area contributed by atoms with Crippen molar-refractivity contribution in [2.24, 2.45) is 11.8 Å². The van der Waals surface area contributed by atoms with Crippen molar-refractivity contribution >= 4 is 0 Å². The zero-order valence-corrected chi connectivity index (χ0v) is 14.0. The van der Waals surface area contributed by atoms with Crippen LogP contribution in [0.1, 0.15) is 45.1 Å². The van der Waals surface area contributed by atoms with Crippen LogP contribution >= 0.6 is 0 Å². The van der Waals surface area contributed by atoms with E-state index in [9.17, 15) is 0 Å². The maximum absolute atomic E-state index is 3.78. The Kier molecular flexibility index (Phi) is 6.72. The van der Waals surface area contributed by atoms with Crippen LogP contribution < -0.4 is 5.32 Å². The summed E-state index contributed by atoms with van der Waals surface area (Å²) >= 11 is 0. The van der Waals surface area contributed by atoms with Gasteiger partial charge in [-0.2, -0.15) is 0 Å². The smallest absolute Gasteiger partial charge is 0.0230 e. The van der Waals surface area contributed by atoms with Crippen molar-refractivity contribution in [2.45, 2.75) is 52.1 Å². The molecule has 0 saturated heterocycles. The van der Waals surface area contributed by atoms with Gasteiger partial charge >= 0.3 is 0 Å². The van der Waals surface area contributed by atoms with Crippen molar-refractivity contribution in [3.8, 4) is 0 Å². The highest BCUT2D eigenvalue weighted by Crippen LogP contribution is 2.29. The van der Waals surface area contributed by atoms with E-state index in [4.69, 9.17) is 0 Å². The van der Waals surface area contributed by atoms with Crippen LogP contribution in [0.15, 0.2) is 30.3 Å². The summed E-state index contributed by atoms with van der Waals surface area (Å²) < 4.78 is 0. The first-order chi connectivity index (χ1) is 10.2. The molecule has 0 bridgehead atoms. The fourth-order valence-electron chi connectivity index (χ4n) is 3.66. The largest absolute Gasteiger partial charge is 0.314 e. The summed E-state index contributed by atoms with van der Waals surface area (Å²) in [6, 6.07) is 11.5. The molecule has 0 spiro atoms. The summed E-state index contributed by atoms with van der Waals surface area (Å²) in [5.74, 6) is 1.69. The molecular formula is C19H32N2. The first-order valence-electron chi connectivity index (χ1n) is 8.65. The van der Waals surface area contributed by atoms with Gasteiger partial charge in [-0.1, -0.05) is 44.2 Å². The molecule has 0 aliphatic heterocycles. The van der Waals surface area contributed by atoms with E-state index in [1.165, 1.54) is 37.8 Å². The maximum Gasteiger partial charge on any atom is 0.0230 e. The third-order valence-electron chi connectivity index (χ3n) is 4.74. The predicted octanol–water partition coefficient (Wildman–Crippen LogP) is 3.92. The van der Waals surface area contributed by atoms with E-state index in [1.54, 1.807) is 0 Å². The molecule has 0 heterocycles. The topological polar surface area (TPSA) is 15.3 Å². The van der Waals surface area contributed by atoms with Crippen LogP contribution in [-0.2, 0) is 6.54 Å². The van der Waals surface area contributed by atoms with Gasteiger partial charge in [0.05, 0.1) is 0 Å². The molecule has 3 unspecified atom stereocenters. The molecule has 1 aromatic rings. The molecule has 2 nitrogen and oxygen atoms in total. The predicted molar refractivity (Wildman–Crippen MR) is 91.4 cm³/mol. The average Bonchev–Trinajstić information content (AvgIpc) is 2.47. The molecule has 1 saturated carbocycles. The van der Waals surface area contributed by atoms with E-state index in [-0.39, 0.29) is 0 Å². The monoisotopic (exact) mass is 288 g/mol. The van der Waals surface area contributed by atoms with Gasteiger partial charge in [0.1, 0.15) is 0 Å². The third kappa shape index (κ3) is 5.44. The van der Waals surface area contributed by atoms with E-state index in [0.717, 1.165) is 31.0 Å². The van der Waals surface area contributed by atoms with Crippen molar-refractivity contribution in [3.05, 3.63) is 35.9 Å². The Balaban J connectivity index is 1.87. The van der Waals surface area contributed by atoms with Crippen LogP contribution in [0.25, 0.3) is 0 Å². The summed E-state index contributed by atoms with van der Waals surface area (Å²) in [7, 11) is 2.27. The normalized spacial score (nSPS) is 26.2. The Labute approximate surface area is 130 Å². The molecule has 1 fully saturated rings. The second kappa shape index (κ2) is 8.55. The Bertz CT molecular complexity index is 388. The summed E-state index contributed by atoms with van der Waals surface area (Å²) in [6.45, 7) is 8.11. The van der Waals surface area contributed by atoms with Crippen LogP contribution in [0.4, 0.5) is 0 Å². The zero-order valence-electron chi connectivity index (χ0n) is 14.0. The minimum absolute atomic E-state index is 0.722. The van der Waals surface area contributed by atoms with Gasteiger partial charge in [-0.15, -0.1) is 0 Å². The number of hydrogen-bond donors (Lipinski definition) is 1. The van der Waals surface area contributed by atoms with Crippen molar-refractivity contribution in [3.63, 3.8) is 0 Å². The van der Waals surface area contributed by atoms with Crippen molar-refractivity contribution in [1.29, 1.82) is 0 Å². The molecule has 2 heteroatoms. The Morgan fingerprint density at radius 3 is 2.67 bits per heavy atom. The van der Waals surface area contributed by atoms with E-state index < -0.39 is 0 Å². The number of nitrogens with one attached hydrogen (secondary N) is 1. The summed E-state index contributed by atoms with van der Waals surface area (Å²) in [5.41, 5.74) is 1.42. The Morgan fingerprint density at radius 1 is 1.19 bits per heavy atom. The van der Waals surface area contributed by atoms with Crippen LogP contribution in [0, 0.1) is 11.8 Å². The fourth-order valence-corrected chi connectivity index (χ4v) is 3.66. The summed E-state index contributed by atoms with van der Waals surface area (Å²) in [4.78, 5) is 2.50. The lowest BCUT2D eigenvalue weighted by Gasteiger charge is -2.37. The van der Waals surface area contributed by atoms with Crippen LogP contribution in [-0.4, -0.2) is 31.1 Å². The number of nitrogens with zero attached hydrogens (tertiary/aromatic N) is 1. The van der Waals surface area contributed by atoms with E-state index in [1.807, 2.05) is 0 Å². The number of hydrogen-bond acceptors (Lipinski definition) is 2. The van der Waals surface area contributed by atoms with E-state index >= 15 is 0 Å². The molecule has 0 aromatic heterocycles. The van der Waals surface area contributed by atoms with Crippen molar-refractivity contribution in [1.82, 2.24) is 10.2 Å². The van der Waals surface area contributed by atoms with Crippen molar-refractivity contribution < 1.29 is 0 Å². The zero-order chi connectivity index (χ0) is 15.1. The standard InChI is InChI=1S/C19H32N2/c1-4-12-20-19-11-10-16(2)13-18(19)15-21(3)14-17-8-6-5-7-9-17/h5-9,16,18-20H,4,10-15H2,1-3H3. The van der Waals surface area contributed by atoms with Gasteiger partial charge in [-0.25, -0.2) is 0 Å². The van der Waals surface area contributed by atoms with Crippen LogP contribution in [0.5, 0.6) is 0 Å². The minimum atomic E-state index is 0.722. The molecule has 1 aliphatic carbocycles. The lowest BCUT2D eigenvalue weighted by molar-refractivity contribution is 0.157. The average molecular weight is 288 g/mol. The summed E-state index contributed by atoms with van der Waals surface area (Å²) in [5, 5.41) is 3.78. The highest BCUT2D eigenvalue weighted by molar-refractivity contribution is 5.14. The van der Waals surface area contributed by atoms with Gasteiger partial charge < -0.3 is 10.2 Å². The van der Waals surface area contributed by atoms with Gasteiger partial charge in [0.15, 0.2) is 0 Å². The minimum Gasteiger partial charge on any atom is -0.314 e. The summed E-state index contributed by atoms with van der Waals surface area (Å²) in [6.07, 6.45) is 5.35. The van der Waals surface area contributed by atoms with E-state index in [2.05, 4.69) is 61.4 Å².